The highest BCUT2D eigenvalue weighted by atomic mass is 32.2. The summed E-state index contributed by atoms with van der Waals surface area (Å²) in [6.07, 6.45) is 10.7. The molecule has 0 amide bonds. The number of thioether (sulfide) groups is 1. The van der Waals surface area contributed by atoms with Crippen molar-refractivity contribution in [3.63, 3.8) is 0 Å². The van der Waals surface area contributed by atoms with Crippen LogP contribution in [0.4, 0.5) is 0 Å². The summed E-state index contributed by atoms with van der Waals surface area (Å²) in [5.74, 6) is 0.250. The zero-order valence-corrected chi connectivity index (χ0v) is 18.5. The summed E-state index contributed by atoms with van der Waals surface area (Å²) in [4.78, 5) is 35.4. The monoisotopic (exact) mass is 426 g/mol. The summed E-state index contributed by atoms with van der Waals surface area (Å²) >= 11 is 1.63. The molecule has 0 spiro atoms. The number of ketones is 2. The first-order valence-electron chi connectivity index (χ1n) is 10.7. The van der Waals surface area contributed by atoms with E-state index in [1.54, 1.807) is 30.8 Å². The number of carbonyl (C=O) groups excluding carboxylic acids is 2. The second-order valence-electron chi connectivity index (χ2n) is 8.10. The van der Waals surface area contributed by atoms with E-state index in [0.717, 1.165) is 17.0 Å². The van der Waals surface area contributed by atoms with Crippen LogP contribution in [0.25, 0.3) is 0 Å². The number of pyridine rings is 2. The van der Waals surface area contributed by atoms with E-state index in [1.165, 1.54) is 31.9 Å². The summed E-state index contributed by atoms with van der Waals surface area (Å²) in [6.45, 7) is 1.65. The van der Waals surface area contributed by atoms with Gasteiger partial charge in [0.25, 0.3) is 0 Å². The van der Waals surface area contributed by atoms with Gasteiger partial charge in [0, 0.05) is 30.1 Å². The van der Waals surface area contributed by atoms with Gasteiger partial charge < -0.3 is 5.11 Å². The third kappa shape index (κ3) is 5.99. The van der Waals surface area contributed by atoms with Crippen LogP contribution in [0, 0.1) is 5.92 Å². The lowest BCUT2D eigenvalue weighted by Crippen LogP contribution is -2.18. The molecule has 3 rings (SSSR count). The average Bonchev–Trinajstić information content (AvgIpc) is 3.29. The largest absolute Gasteiger partial charge is 0.389 e. The van der Waals surface area contributed by atoms with Crippen LogP contribution in [0.1, 0.15) is 85.6 Å². The van der Waals surface area contributed by atoms with Crippen LogP contribution in [0.5, 0.6) is 0 Å². The van der Waals surface area contributed by atoms with Crippen molar-refractivity contribution in [1.82, 2.24) is 9.97 Å². The van der Waals surface area contributed by atoms with E-state index in [4.69, 9.17) is 0 Å². The number of rotatable bonds is 10. The number of aromatic nitrogens is 2. The Morgan fingerprint density at radius 1 is 1.10 bits per heavy atom. The maximum atomic E-state index is 13.1. The van der Waals surface area contributed by atoms with Gasteiger partial charge in [-0.05, 0) is 49.3 Å². The van der Waals surface area contributed by atoms with Crippen LogP contribution in [0.2, 0.25) is 0 Å². The zero-order valence-electron chi connectivity index (χ0n) is 17.7. The van der Waals surface area contributed by atoms with E-state index in [-0.39, 0.29) is 30.3 Å². The maximum Gasteiger partial charge on any atom is 0.181 e. The van der Waals surface area contributed by atoms with Gasteiger partial charge in [-0.15, -0.1) is 11.8 Å². The molecule has 0 saturated heterocycles. The van der Waals surface area contributed by atoms with E-state index in [9.17, 15) is 14.7 Å². The summed E-state index contributed by atoms with van der Waals surface area (Å²) in [6, 6.07) is 7.29. The van der Waals surface area contributed by atoms with Gasteiger partial charge in [0.05, 0.1) is 17.7 Å². The topological polar surface area (TPSA) is 80.2 Å². The van der Waals surface area contributed by atoms with Gasteiger partial charge in [-0.3, -0.25) is 19.6 Å². The van der Waals surface area contributed by atoms with Crippen molar-refractivity contribution < 1.29 is 14.7 Å². The van der Waals surface area contributed by atoms with Gasteiger partial charge in [0.2, 0.25) is 0 Å². The molecule has 0 bridgehead atoms. The number of hydrogen-bond donors (Lipinski definition) is 1. The van der Waals surface area contributed by atoms with Gasteiger partial charge in [0.1, 0.15) is 11.5 Å². The molecule has 5 nitrogen and oxygen atoms in total. The van der Waals surface area contributed by atoms with Crippen LogP contribution in [0.15, 0.2) is 41.6 Å². The van der Waals surface area contributed by atoms with E-state index in [1.807, 2.05) is 24.6 Å². The minimum Gasteiger partial charge on any atom is -0.389 e. The predicted molar refractivity (Wildman–Crippen MR) is 119 cm³/mol. The van der Waals surface area contributed by atoms with Crippen molar-refractivity contribution in [3.8, 4) is 0 Å². The normalized spacial score (nSPS) is 16.4. The fourth-order valence-electron chi connectivity index (χ4n) is 4.07. The van der Waals surface area contributed by atoms with Gasteiger partial charge in [-0.2, -0.15) is 0 Å². The molecular formula is C24H30N2O3S. The average molecular weight is 427 g/mol. The lowest BCUT2D eigenvalue weighted by Gasteiger charge is -2.19. The highest BCUT2D eigenvalue weighted by Crippen LogP contribution is 2.35. The van der Waals surface area contributed by atoms with Crippen LogP contribution in [-0.4, -0.2) is 32.9 Å². The first-order valence-corrected chi connectivity index (χ1v) is 11.9. The second kappa shape index (κ2) is 10.8. The molecule has 2 aromatic rings. The Balaban J connectivity index is 1.66. The Kier molecular flexibility index (Phi) is 8.16. The standard InChI is InChI=1S/C24H30N2O3S/c1-16(27)18-7-9-22(25-14-18)24(29)12-11-23(28)20(13-17-5-3-4-6-17)21-10-8-19(30-2)15-26-21/h7-10,14-17,20,27H,3-6,11-13H2,1-2H3. The molecule has 160 valence electrons. The van der Waals surface area contributed by atoms with E-state index < -0.39 is 6.10 Å². The van der Waals surface area contributed by atoms with Crippen molar-refractivity contribution in [1.29, 1.82) is 0 Å². The summed E-state index contributed by atoms with van der Waals surface area (Å²) < 4.78 is 0. The summed E-state index contributed by atoms with van der Waals surface area (Å²) in [5.41, 5.74) is 1.82. The Hall–Kier alpha value is -2.05. The lowest BCUT2D eigenvalue weighted by molar-refractivity contribution is -0.121. The van der Waals surface area contributed by atoms with Crippen molar-refractivity contribution in [2.24, 2.45) is 5.92 Å². The molecule has 0 aliphatic heterocycles. The molecule has 0 radical (unpaired) electrons. The third-order valence-electron chi connectivity index (χ3n) is 5.94. The van der Waals surface area contributed by atoms with Gasteiger partial charge in [-0.1, -0.05) is 31.7 Å². The minimum atomic E-state index is -0.621. The molecule has 1 N–H and O–H groups in total. The van der Waals surface area contributed by atoms with Crippen molar-refractivity contribution in [2.45, 2.75) is 68.8 Å². The van der Waals surface area contributed by atoms with Crippen molar-refractivity contribution in [3.05, 3.63) is 53.6 Å². The molecule has 6 heteroatoms. The molecule has 1 fully saturated rings. The number of Topliss-reactive ketones (excluding diaryl/α,β-unsaturated/α-hetero) is 2. The fraction of sp³-hybridized carbons (Fsp3) is 0.500. The number of hydrogen-bond acceptors (Lipinski definition) is 6. The Bertz CT molecular complexity index is 844. The molecular weight excluding hydrogens is 396 g/mol. The minimum absolute atomic E-state index is 0.0836. The molecule has 30 heavy (non-hydrogen) atoms. The quantitative estimate of drug-likeness (QED) is 0.418. The van der Waals surface area contributed by atoms with Crippen LogP contribution < -0.4 is 0 Å². The van der Waals surface area contributed by atoms with Gasteiger partial charge in [0.15, 0.2) is 5.78 Å². The third-order valence-corrected chi connectivity index (χ3v) is 6.65. The highest BCUT2D eigenvalue weighted by Gasteiger charge is 2.28. The molecule has 2 atom stereocenters. The van der Waals surface area contributed by atoms with E-state index >= 15 is 0 Å². The molecule has 2 unspecified atom stereocenters. The van der Waals surface area contributed by atoms with Crippen LogP contribution in [0.3, 0.4) is 0 Å². The number of aliphatic hydroxyl groups is 1. The van der Waals surface area contributed by atoms with Crippen LogP contribution in [-0.2, 0) is 4.79 Å². The first kappa shape index (κ1) is 22.6. The number of carbonyl (C=O) groups is 2. The fourth-order valence-corrected chi connectivity index (χ4v) is 4.43. The number of nitrogens with zero attached hydrogens (tertiary/aromatic N) is 2. The molecule has 1 saturated carbocycles. The first-order chi connectivity index (χ1) is 14.5. The molecule has 2 heterocycles. The Labute approximate surface area is 182 Å². The smallest absolute Gasteiger partial charge is 0.181 e. The van der Waals surface area contributed by atoms with E-state index in [2.05, 4.69) is 9.97 Å². The van der Waals surface area contributed by atoms with E-state index in [0.29, 0.717) is 17.2 Å². The SMILES string of the molecule is CSc1ccc(C(CC2CCCC2)C(=O)CCC(=O)c2ccc(C(C)O)cn2)nc1. The Morgan fingerprint density at radius 3 is 2.43 bits per heavy atom. The Morgan fingerprint density at radius 2 is 1.87 bits per heavy atom. The van der Waals surface area contributed by atoms with Crippen molar-refractivity contribution >= 4 is 23.3 Å². The second-order valence-corrected chi connectivity index (χ2v) is 8.98. The molecule has 1 aliphatic rings. The van der Waals surface area contributed by atoms with Crippen molar-refractivity contribution in [2.75, 3.05) is 6.26 Å². The molecule has 2 aromatic heterocycles. The predicted octanol–water partition coefficient (Wildman–Crippen LogP) is 5.15. The molecule has 0 aromatic carbocycles. The van der Waals surface area contributed by atoms with Crippen LogP contribution >= 0.6 is 11.8 Å². The highest BCUT2D eigenvalue weighted by molar-refractivity contribution is 7.98. The molecule has 1 aliphatic carbocycles. The van der Waals surface area contributed by atoms with Gasteiger partial charge >= 0.3 is 0 Å². The van der Waals surface area contributed by atoms with Gasteiger partial charge in [-0.25, -0.2) is 0 Å². The summed E-state index contributed by atoms with van der Waals surface area (Å²) in [7, 11) is 0. The number of aliphatic hydroxyl groups excluding tert-OH is 1. The lowest BCUT2D eigenvalue weighted by atomic mass is 9.85. The summed E-state index contributed by atoms with van der Waals surface area (Å²) in [5, 5.41) is 9.57. The maximum absolute atomic E-state index is 13.1. The zero-order chi connectivity index (χ0) is 21.5.